The molecule has 1 fully saturated rings. The van der Waals surface area contributed by atoms with Crippen LogP contribution in [0.5, 0.6) is 6.01 Å². The Hall–Kier alpha value is -1.26. The van der Waals surface area contributed by atoms with Crippen LogP contribution in [0.2, 0.25) is 0 Å². The van der Waals surface area contributed by atoms with E-state index in [9.17, 15) is 0 Å². The van der Waals surface area contributed by atoms with Crippen molar-refractivity contribution in [1.29, 1.82) is 0 Å². The second-order valence-electron chi connectivity index (χ2n) is 4.71. The number of piperidine rings is 1. The summed E-state index contributed by atoms with van der Waals surface area (Å²) >= 11 is 0. The van der Waals surface area contributed by atoms with Crippen molar-refractivity contribution in [2.24, 2.45) is 0 Å². The topological polar surface area (TPSA) is 39.1 Å². The number of nitrogens with zero attached hydrogens (tertiary/aromatic N) is 2. The lowest BCUT2D eigenvalue weighted by Crippen LogP contribution is -2.37. The molecular formula is C14H20ClN3O. The molecule has 0 radical (unpaired) electrons. The van der Waals surface area contributed by atoms with Gasteiger partial charge in [-0.3, -0.25) is 4.57 Å². The molecule has 2 heterocycles. The van der Waals surface area contributed by atoms with E-state index in [1.54, 1.807) is 0 Å². The number of hydrogen-bond acceptors (Lipinski definition) is 3. The van der Waals surface area contributed by atoms with Crippen molar-refractivity contribution in [1.82, 2.24) is 14.9 Å². The van der Waals surface area contributed by atoms with Crippen LogP contribution in [0.4, 0.5) is 0 Å². The molecule has 1 aromatic carbocycles. The molecule has 1 atom stereocenters. The van der Waals surface area contributed by atoms with Gasteiger partial charge in [-0.15, -0.1) is 12.4 Å². The predicted molar refractivity (Wildman–Crippen MR) is 79.2 cm³/mol. The van der Waals surface area contributed by atoms with E-state index in [0.29, 0.717) is 0 Å². The minimum Gasteiger partial charge on any atom is -0.460 e. The van der Waals surface area contributed by atoms with Crippen LogP contribution in [0, 0.1) is 0 Å². The Morgan fingerprint density at radius 1 is 1.42 bits per heavy atom. The van der Waals surface area contributed by atoms with Crippen LogP contribution >= 0.6 is 12.4 Å². The first-order valence-corrected chi connectivity index (χ1v) is 6.71. The minimum atomic E-state index is 0. The van der Waals surface area contributed by atoms with Crippen LogP contribution in [0.15, 0.2) is 24.3 Å². The van der Waals surface area contributed by atoms with E-state index in [0.717, 1.165) is 43.1 Å². The third-order valence-electron chi connectivity index (χ3n) is 3.46. The van der Waals surface area contributed by atoms with Crippen LogP contribution in [0.1, 0.15) is 19.8 Å². The molecule has 0 aliphatic carbocycles. The number of imidazole rings is 1. The van der Waals surface area contributed by atoms with Gasteiger partial charge in [-0.1, -0.05) is 12.1 Å². The fourth-order valence-corrected chi connectivity index (χ4v) is 2.52. The maximum atomic E-state index is 6.05. The van der Waals surface area contributed by atoms with Gasteiger partial charge in [-0.05, 0) is 38.4 Å². The lowest BCUT2D eigenvalue weighted by atomic mass is 10.1. The predicted octanol–water partition coefficient (Wildman–Crippen LogP) is 2.61. The number of fused-ring (bicyclic) bond motifs is 1. The second kappa shape index (κ2) is 6.26. The van der Waals surface area contributed by atoms with E-state index in [1.807, 2.05) is 18.2 Å². The fraction of sp³-hybridized carbons (Fsp3) is 0.500. The van der Waals surface area contributed by atoms with Gasteiger partial charge in [0.2, 0.25) is 0 Å². The zero-order valence-corrected chi connectivity index (χ0v) is 11.9. The molecule has 3 rings (SSSR count). The van der Waals surface area contributed by atoms with E-state index in [4.69, 9.17) is 4.74 Å². The van der Waals surface area contributed by atoms with Crippen LogP contribution < -0.4 is 10.1 Å². The molecule has 104 valence electrons. The van der Waals surface area contributed by atoms with E-state index in [-0.39, 0.29) is 18.5 Å². The quantitative estimate of drug-likeness (QED) is 0.940. The summed E-state index contributed by atoms with van der Waals surface area (Å²) in [6.45, 7) is 5.03. The van der Waals surface area contributed by atoms with E-state index >= 15 is 0 Å². The summed E-state index contributed by atoms with van der Waals surface area (Å²) in [7, 11) is 0. The summed E-state index contributed by atoms with van der Waals surface area (Å²) < 4.78 is 8.19. The first kappa shape index (κ1) is 14.2. The molecule has 0 saturated carbocycles. The van der Waals surface area contributed by atoms with Crippen molar-refractivity contribution in [3.05, 3.63) is 24.3 Å². The number of nitrogens with one attached hydrogen (secondary N) is 1. The fourth-order valence-electron chi connectivity index (χ4n) is 2.52. The molecule has 1 unspecified atom stereocenters. The minimum absolute atomic E-state index is 0. The number of rotatable bonds is 3. The molecule has 0 amide bonds. The van der Waals surface area contributed by atoms with Gasteiger partial charge in [0.15, 0.2) is 0 Å². The highest BCUT2D eigenvalue weighted by Crippen LogP contribution is 2.22. The average molecular weight is 282 g/mol. The highest BCUT2D eigenvalue weighted by atomic mass is 35.5. The molecule has 5 heteroatoms. The van der Waals surface area contributed by atoms with E-state index in [2.05, 4.69) is 27.9 Å². The molecular weight excluding hydrogens is 262 g/mol. The van der Waals surface area contributed by atoms with Crippen molar-refractivity contribution >= 4 is 23.4 Å². The molecule has 2 aromatic rings. The number of para-hydroxylation sites is 2. The number of hydrogen-bond donors (Lipinski definition) is 1. The van der Waals surface area contributed by atoms with Gasteiger partial charge in [0.1, 0.15) is 6.10 Å². The van der Waals surface area contributed by atoms with Gasteiger partial charge >= 0.3 is 0 Å². The zero-order chi connectivity index (χ0) is 12.4. The monoisotopic (exact) mass is 281 g/mol. The average Bonchev–Trinajstić information content (AvgIpc) is 2.77. The summed E-state index contributed by atoms with van der Waals surface area (Å²) in [5, 5.41) is 3.36. The second-order valence-corrected chi connectivity index (χ2v) is 4.71. The summed E-state index contributed by atoms with van der Waals surface area (Å²) in [6.07, 6.45) is 2.54. The molecule has 1 N–H and O–H groups in total. The normalized spacial score (nSPS) is 19.1. The number of aryl methyl sites for hydroxylation is 1. The highest BCUT2D eigenvalue weighted by Gasteiger charge is 2.18. The Labute approximate surface area is 119 Å². The van der Waals surface area contributed by atoms with Crippen molar-refractivity contribution in [3.63, 3.8) is 0 Å². The highest BCUT2D eigenvalue weighted by molar-refractivity contribution is 5.85. The first-order chi connectivity index (χ1) is 8.88. The van der Waals surface area contributed by atoms with Crippen molar-refractivity contribution in [3.8, 4) is 6.01 Å². The van der Waals surface area contributed by atoms with E-state index in [1.165, 1.54) is 6.42 Å². The molecule has 4 nitrogen and oxygen atoms in total. The summed E-state index contributed by atoms with van der Waals surface area (Å²) in [5.74, 6) is 0. The summed E-state index contributed by atoms with van der Waals surface area (Å²) in [6, 6.07) is 8.95. The van der Waals surface area contributed by atoms with Gasteiger partial charge < -0.3 is 10.1 Å². The third-order valence-corrected chi connectivity index (χ3v) is 3.46. The lowest BCUT2D eigenvalue weighted by Gasteiger charge is -2.23. The molecule has 1 aromatic heterocycles. The molecule has 0 spiro atoms. The first-order valence-electron chi connectivity index (χ1n) is 6.71. The largest absolute Gasteiger partial charge is 0.460 e. The zero-order valence-electron chi connectivity index (χ0n) is 11.1. The molecule has 1 aliphatic rings. The SMILES string of the molecule is CCn1c(OC2CCCNC2)nc2ccccc21.Cl. The number of ether oxygens (including phenoxy) is 1. The van der Waals surface area contributed by atoms with Crippen LogP contribution in [0.3, 0.4) is 0 Å². The number of benzene rings is 1. The van der Waals surface area contributed by atoms with Crippen LogP contribution in [-0.2, 0) is 6.54 Å². The number of halogens is 1. The summed E-state index contributed by atoms with van der Waals surface area (Å²) in [4.78, 5) is 4.59. The Kier molecular flexibility index (Phi) is 4.66. The van der Waals surface area contributed by atoms with Gasteiger partial charge in [-0.2, -0.15) is 4.98 Å². The van der Waals surface area contributed by atoms with Gasteiger partial charge in [0.25, 0.3) is 6.01 Å². The third kappa shape index (κ3) is 2.85. The Balaban J connectivity index is 0.00000133. The smallest absolute Gasteiger partial charge is 0.297 e. The number of aromatic nitrogens is 2. The molecule has 0 bridgehead atoms. The Bertz CT molecular complexity index is 534. The van der Waals surface area contributed by atoms with Crippen molar-refractivity contribution in [2.45, 2.75) is 32.4 Å². The maximum absolute atomic E-state index is 6.05. The lowest BCUT2D eigenvalue weighted by molar-refractivity contribution is 0.148. The standard InChI is InChI=1S/C14H19N3O.ClH/c1-2-17-13-8-4-3-7-12(13)16-14(17)18-11-6-5-9-15-10-11;/h3-4,7-8,11,15H,2,5-6,9-10H2,1H3;1H. The molecule has 1 aliphatic heterocycles. The summed E-state index contributed by atoms with van der Waals surface area (Å²) in [5.41, 5.74) is 2.16. The maximum Gasteiger partial charge on any atom is 0.297 e. The molecule has 1 saturated heterocycles. The van der Waals surface area contributed by atoms with Crippen LogP contribution in [-0.4, -0.2) is 28.7 Å². The van der Waals surface area contributed by atoms with Crippen molar-refractivity contribution < 1.29 is 4.74 Å². The van der Waals surface area contributed by atoms with Gasteiger partial charge in [-0.25, -0.2) is 0 Å². The van der Waals surface area contributed by atoms with E-state index < -0.39 is 0 Å². The van der Waals surface area contributed by atoms with Crippen molar-refractivity contribution in [2.75, 3.05) is 13.1 Å². The van der Waals surface area contributed by atoms with Gasteiger partial charge in [0, 0.05) is 13.1 Å². The van der Waals surface area contributed by atoms with Crippen LogP contribution in [0.25, 0.3) is 11.0 Å². The Morgan fingerprint density at radius 2 is 2.26 bits per heavy atom. The molecule has 19 heavy (non-hydrogen) atoms. The Morgan fingerprint density at radius 3 is 3.00 bits per heavy atom. The van der Waals surface area contributed by atoms with Gasteiger partial charge in [0.05, 0.1) is 11.0 Å².